The Bertz CT molecular complexity index is 904. The van der Waals surface area contributed by atoms with E-state index in [-0.39, 0.29) is 12.2 Å². The van der Waals surface area contributed by atoms with Crippen LogP contribution in [0, 0.1) is 0 Å². The standard InChI is InChI=1S/C19H16ClNO4S/c1-24-18(22)11-14(17-7-4-10-26-17)21-19(23)16-9-8-15(25-16)12-5-2-3-6-13(12)20/h2-10,14H,11H2,1H3,(H,21,23). The Kier molecular flexibility index (Phi) is 5.75. The smallest absolute Gasteiger partial charge is 0.307 e. The van der Waals surface area contributed by atoms with E-state index in [1.807, 2.05) is 35.7 Å². The lowest BCUT2D eigenvalue weighted by Crippen LogP contribution is -2.29. The molecule has 0 aliphatic carbocycles. The number of hydrogen-bond donors (Lipinski definition) is 1. The minimum absolute atomic E-state index is 0.0425. The van der Waals surface area contributed by atoms with Crippen molar-refractivity contribution in [1.29, 1.82) is 0 Å². The van der Waals surface area contributed by atoms with Crippen molar-refractivity contribution in [3.05, 3.63) is 69.6 Å². The number of ether oxygens (including phenoxy) is 1. The molecule has 2 heterocycles. The number of thiophene rings is 1. The number of benzene rings is 1. The highest BCUT2D eigenvalue weighted by Crippen LogP contribution is 2.29. The molecular formula is C19H16ClNO4S. The number of amides is 1. The lowest BCUT2D eigenvalue weighted by atomic mass is 10.1. The van der Waals surface area contributed by atoms with Crippen LogP contribution in [0.25, 0.3) is 11.3 Å². The maximum absolute atomic E-state index is 12.6. The third-order valence-corrected chi connectivity index (χ3v) is 5.08. The maximum atomic E-state index is 12.6. The Labute approximate surface area is 159 Å². The van der Waals surface area contributed by atoms with Gasteiger partial charge in [-0.25, -0.2) is 0 Å². The molecule has 3 aromatic rings. The van der Waals surface area contributed by atoms with E-state index in [1.54, 1.807) is 18.2 Å². The van der Waals surface area contributed by atoms with E-state index in [2.05, 4.69) is 5.32 Å². The molecule has 0 spiro atoms. The van der Waals surface area contributed by atoms with Crippen LogP contribution in [-0.4, -0.2) is 19.0 Å². The van der Waals surface area contributed by atoms with Gasteiger partial charge in [0.05, 0.1) is 24.6 Å². The van der Waals surface area contributed by atoms with Gasteiger partial charge < -0.3 is 14.5 Å². The number of halogens is 1. The SMILES string of the molecule is COC(=O)CC(NC(=O)c1ccc(-c2ccccc2Cl)o1)c1cccs1. The van der Waals surface area contributed by atoms with E-state index >= 15 is 0 Å². The first-order chi connectivity index (χ1) is 12.6. The van der Waals surface area contributed by atoms with Gasteiger partial charge in [0.15, 0.2) is 5.76 Å². The van der Waals surface area contributed by atoms with Crippen molar-refractivity contribution in [1.82, 2.24) is 5.32 Å². The Morgan fingerprint density at radius 2 is 2.00 bits per heavy atom. The number of furan rings is 1. The molecular weight excluding hydrogens is 374 g/mol. The van der Waals surface area contributed by atoms with Crippen molar-refractivity contribution in [2.24, 2.45) is 0 Å². The third-order valence-electron chi connectivity index (χ3n) is 3.76. The second-order valence-corrected chi connectivity index (χ2v) is 6.85. The van der Waals surface area contributed by atoms with E-state index in [9.17, 15) is 9.59 Å². The first kappa shape index (κ1) is 18.2. The van der Waals surface area contributed by atoms with Crippen molar-refractivity contribution in [3.63, 3.8) is 0 Å². The predicted molar refractivity (Wildman–Crippen MR) is 100 cm³/mol. The molecule has 0 bridgehead atoms. The van der Waals surface area contributed by atoms with Gasteiger partial charge in [0.1, 0.15) is 5.76 Å². The Morgan fingerprint density at radius 3 is 2.69 bits per heavy atom. The van der Waals surface area contributed by atoms with Gasteiger partial charge in [0.2, 0.25) is 0 Å². The van der Waals surface area contributed by atoms with Gasteiger partial charge in [-0.2, -0.15) is 0 Å². The van der Waals surface area contributed by atoms with Crippen LogP contribution < -0.4 is 5.32 Å². The zero-order valence-corrected chi connectivity index (χ0v) is 15.5. The molecule has 0 saturated carbocycles. The topological polar surface area (TPSA) is 68.5 Å². The molecule has 26 heavy (non-hydrogen) atoms. The minimum atomic E-state index is -0.483. The van der Waals surface area contributed by atoms with Crippen LogP contribution in [0.4, 0.5) is 0 Å². The monoisotopic (exact) mass is 389 g/mol. The average molecular weight is 390 g/mol. The Morgan fingerprint density at radius 1 is 1.19 bits per heavy atom. The number of nitrogens with one attached hydrogen (secondary N) is 1. The summed E-state index contributed by atoms with van der Waals surface area (Å²) in [5, 5.41) is 5.25. The zero-order chi connectivity index (χ0) is 18.5. The average Bonchev–Trinajstić information content (AvgIpc) is 3.33. The van der Waals surface area contributed by atoms with Crippen molar-refractivity contribution < 1.29 is 18.7 Å². The maximum Gasteiger partial charge on any atom is 0.307 e. The van der Waals surface area contributed by atoms with Crippen molar-refractivity contribution >= 4 is 34.8 Å². The van der Waals surface area contributed by atoms with Gasteiger partial charge in [0.25, 0.3) is 5.91 Å². The summed E-state index contributed by atoms with van der Waals surface area (Å²) in [5.74, 6) is -0.168. The summed E-state index contributed by atoms with van der Waals surface area (Å²) in [6, 6.07) is 13.7. The summed E-state index contributed by atoms with van der Waals surface area (Å²) in [7, 11) is 1.32. The van der Waals surface area contributed by atoms with Gasteiger partial charge in [0, 0.05) is 10.4 Å². The van der Waals surface area contributed by atoms with Crippen LogP contribution in [0.1, 0.15) is 27.9 Å². The molecule has 0 aliphatic heterocycles. The molecule has 0 aliphatic rings. The summed E-state index contributed by atoms with van der Waals surface area (Å²) >= 11 is 7.62. The van der Waals surface area contributed by atoms with Crippen LogP contribution in [0.5, 0.6) is 0 Å². The fourth-order valence-corrected chi connectivity index (χ4v) is 3.46. The molecule has 0 radical (unpaired) electrons. The number of methoxy groups -OCH3 is 1. The lowest BCUT2D eigenvalue weighted by molar-refractivity contribution is -0.141. The minimum Gasteiger partial charge on any atom is -0.469 e. The van der Waals surface area contributed by atoms with Crippen molar-refractivity contribution in [2.75, 3.05) is 7.11 Å². The van der Waals surface area contributed by atoms with E-state index in [4.69, 9.17) is 20.8 Å². The first-order valence-corrected chi connectivity index (χ1v) is 9.10. The molecule has 1 unspecified atom stereocenters. The first-order valence-electron chi connectivity index (χ1n) is 7.84. The molecule has 1 N–H and O–H groups in total. The van der Waals surface area contributed by atoms with Crippen LogP contribution in [-0.2, 0) is 9.53 Å². The molecule has 1 amide bonds. The second-order valence-electron chi connectivity index (χ2n) is 5.47. The van der Waals surface area contributed by atoms with Crippen LogP contribution in [0.2, 0.25) is 5.02 Å². The Balaban J connectivity index is 1.78. The number of esters is 1. The summed E-state index contributed by atoms with van der Waals surface area (Å²) in [6.07, 6.45) is 0.0425. The van der Waals surface area contributed by atoms with Gasteiger partial charge in [-0.15, -0.1) is 11.3 Å². The fourth-order valence-electron chi connectivity index (χ4n) is 2.46. The molecule has 5 nitrogen and oxygen atoms in total. The van der Waals surface area contributed by atoms with Crippen LogP contribution in [0.3, 0.4) is 0 Å². The highest BCUT2D eigenvalue weighted by molar-refractivity contribution is 7.10. The normalized spacial score (nSPS) is 11.8. The molecule has 2 aromatic heterocycles. The quantitative estimate of drug-likeness (QED) is 0.620. The highest BCUT2D eigenvalue weighted by atomic mass is 35.5. The fraction of sp³-hybridized carbons (Fsp3) is 0.158. The summed E-state index contributed by atoms with van der Waals surface area (Å²) in [4.78, 5) is 25.1. The molecule has 1 aromatic carbocycles. The zero-order valence-electron chi connectivity index (χ0n) is 13.9. The van der Waals surface area contributed by atoms with Gasteiger partial charge in [-0.3, -0.25) is 9.59 Å². The van der Waals surface area contributed by atoms with Crippen molar-refractivity contribution in [2.45, 2.75) is 12.5 Å². The van der Waals surface area contributed by atoms with E-state index in [0.29, 0.717) is 16.3 Å². The lowest BCUT2D eigenvalue weighted by Gasteiger charge is -2.15. The molecule has 3 rings (SSSR count). The summed E-state index contributed by atoms with van der Waals surface area (Å²) in [6.45, 7) is 0. The third kappa shape index (κ3) is 4.15. The van der Waals surface area contributed by atoms with Crippen LogP contribution >= 0.6 is 22.9 Å². The number of carbonyl (C=O) groups is 2. The van der Waals surface area contributed by atoms with Gasteiger partial charge in [-0.05, 0) is 35.7 Å². The van der Waals surface area contributed by atoms with Gasteiger partial charge in [-0.1, -0.05) is 29.8 Å². The van der Waals surface area contributed by atoms with Crippen LogP contribution in [0.15, 0.2) is 58.3 Å². The van der Waals surface area contributed by atoms with E-state index in [1.165, 1.54) is 18.4 Å². The number of rotatable bonds is 6. The molecule has 134 valence electrons. The highest BCUT2D eigenvalue weighted by Gasteiger charge is 2.22. The second kappa shape index (κ2) is 8.21. The molecule has 0 fully saturated rings. The molecule has 0 saturated heterocycles. The van der Waals surface area contributed by atoms with Crippen molar-refractivity contribution in [3.8, 4) is 11.3 Å². The summed E-state index contributed by atoms with van der Waals surface area (Å²) < 4.78 is 10.4. The number of hydrogen-bond acceptors (Lipinski definition) is 5. The molecule has 1 atom stereocenters. The van der Waals surface area contributed by atoms with E-state index < -0.39 is 17.9 Å². The largest absolute Gasteiger partial charge is 0.469 e. The molecule has 7 heteroatoms. The predicted octanol–water partition coefficient (Wildman–Crippen LogP) is 4.70. The Hall–Kier alpha value is -2.57. The van der Waals surface area contributed by atoms with E-state index in [0.717, 1.165) is 4.88 Å². The summed E-state index contributed by atoms with van der Waals surface area (Å²) in [5.41, 5.74) is 0.706. The van der Waals surface area contributed by atoms with Gasteiger partial charge >= 0.3 is 5.97 Å². The number of carbonyl (C=O) groups excluding carboxylic acids is 2.